The fraction of sp³-hybridized carbons (Fsp3) is 0.923. The Morgan fingerprint density at radius 3 is 2.40 bits per heavy atom. The first-order chi connectivity index (χ1) is 9.32. The molecule has 0 radical (unpaired) electrons. The van der Waals surface area contributed by atoms with E-state index in [0.29, 0.717) is 0 Å². The SMILES string of the molecule is CC(C)OCCS(=O)(=O)NC(C(=O)O)C1CCCCC1. The normalized spacial score (nSPS) is 19.1. The highest BCUT2D eigenvalue weighted by molar-refractivity contribution is 7.89. The maximum atomic E-state index is 11.9. The molecular formula is C13H25NO5S. The summed E-state index contributed by atoms with van der Waals surface area (Å²) < 4.78 is 31.4. The lowest BCUT2D eigenvalue weighted by molar-refractivity contribution is -0.140. The van der Waals surface area contributed by atoms with Crippen LogP contribution in [-0.4, -0.2) is 44.0 Å². The van der Waals surface area contributed by atoms with Crippen molar-refractivity contribution in [2.45, 2.75) is 58.1 Å². The van der Waals surface area contributed by atoms with Gasteiger partial charge in [0.25, 0.3) is 0 Å². The molecule has 0 aromatic carbocycles. The fourth-order valence-corrected chi connectivity index (χ4v) is 3.58. The maximum Gasteiger partial charge on any atom is 0.322 e. The number of sulfonamides is 1. The smallest absolute Gasteiger partial charge is 0.322 e. The topological polar surface area (TPSA) is 92.7 Å². The highest BCUT2D eigenvalue weighted by Gasteiger charge is 2.32. The number of aliphatic carboxylic acids is 1. The molecule has 1 atom stereocenters. The number of ether oxygens (including phenoxy) is 1. The second-order valence-corrected chi connectivity index (χ2v) is 7.44. The number of hydrogen-bond acceptors (Lipinski definition) is 4. The van der Waals surface area contributed by atoms with Crippen LogP contribution in [0.4, 0.5) is 0 Å². The summed E-state index contributed by atoms with van der Waals surface area (Å²) in [5.74, 6) is -1.41. The monoisotopic (exact) mass is 307 g/mol. The summed E-state index contributed by atoms with van der Waals surface area (Å²) in [4.78, 5) is 11.3. The quantitative estimate of drug-likeness (QED) is 0.706. The number of nitrogens with one attached hydrogen (secondary N) is 1. The Labute approximate surface area is 120 Å². The van der Waals surface area contributed by atoms with E-state index >= 15 is 0 Å². The molecular weight excluding hydrogens is 282 g/mol. The van der Waals surface area contributed by atoms with Crippen LogP contribution in [0.15, 0.2) is 0 Å². The van der Waals surface area contributed by atoms with Gasteiger partial charge >= 0.3 is 5.97 Å². The van der Waals surface area contributed by atoms with Gasteiger partial charge in [0.2, 0.25) is 10.0 Å². The number of hydrogen-bond donors (Lipinski definition) is 2. The van der Waals surface area contributed by atoms with E-state index in [0.717, 1.165) is 32.1 Å². The lowest BCUT2D eigenvalue weighted by Gasteiger charge is -2.27. The molecule has 1 unspecified atom stereocenters. The summed E-state index contributed by atoms with van der Waals surface area (Å²) in [6.07, 6.45) is 4.51. The van der Waals surface area contributed by atoms with E-state index in [2.05, 4.69) is 4.72 Å². The Bertz CT molecular complexity index is 401. The van der Waals surface area contributed by atoms with Crippen molar-refractivity contribution < 1.29 is 23.1 Å². The Hall–Kier alpha value is -0.660. The molecule has 0 amide bonds. The highest BCUT2D eigenvalue weighted by Crippen LogP contribution is 2.27. The number of carbonyl (C=O) groups is 1. The average molecular weight is 307 g/mol. The van der Waals surface area contributed by atoms with Crippen molar-refractivity contribution in [3.05, 3.63) is 0 Å². The molecule has 7 heteroatoms. The van der Waals surface area contributed by atoms with Gasteiger partial charge in [0.1, 0.15) is 6.04 Å². The van der Waals surface area contributed by atoms with Gasteiger partial charge in [-0.15, -0.1) is 0 Å². The van der Waals surface area contributed by atoms with Crippen molar-refractivity contribution in [2.24, 2.45) is 5.92 Å². The lowest BCUT2D eigenvalue weighted by Crippen LogP contribution is -2.47. The zero-order valence-electron chi connectivity index (χ0n) is 12.2. The van der Waals surface area contributed by atoms with Gasteiger partial charge in [-0.2, -0.15) is 0 Å². The van der Waals surface area contributed by atoms with Crippen LogP contribution in [0.25, 0.3) is 0 Å². The molecule has 0 aliphatic heterocycles. The lowest BCUT2D eigenvalue weighted by atomic mass is 9.84. The fourth-order valence-electron chi connectivity index (χ4n) is 2.46. The Morgan fingerprint density at radius 2 is 1.90 bits per heavy atom. The number of rotatable bonds is 8. The molecule has 118 valence electrons. The van der Waals surface area contributed by atoms with Crippen molar-refractivity contribution in [1.82, 2.24) is 4.72 Å². The predicted molar refractivity (Wildman–Crippen MR) is 76.0 cm³/mol. The van der Waals surface area contributed by atoms with Crippen LogP contribution in [-0.2, 0) is 19.6 Å². The van der Waals surface area contributed by atoms with Crippen molar-refractivity contribution >= 4 is 16.0 Å². The van der Waals surface area contributed by atoms with E-state index in [4.69, 9.17) is 4.74 Å². The third-order valence-electron chi connectivity index (χ3n) is 3.50. The Kier molecular flexibility index (Phi) is 6.91. The second-order valence-electron chi connectivity index (χ2n) is 5.57. The Balaban J connectivity index is 2.57. The molecule has 1 aliphatic rings. The van der Waals surface area contributed by atoms with Crippen LogP contribution in [0.2, 0.25) is 0 Å². The van der Waals surface area contributed by atoms with Crippen molar-refractivity contribution in [3.8, 4) is 0 Å². The first-order valence-corrected chi connectivity index (χ1v) is 8.81. The van der Waals surface area contributed by atoms with E-state index < -0.39 is 22.0 Å². The second kappa shape index (κ2) is 7.95. The molecule has 0 bridgehead atoms. The van der Waals surface area contributed by atoms with Crippen molar-refractivity contribution in [3.63, 3.8) is 0 Å². The molecule has 1 fully saturated rings. The van der Waals surface area contributed by atoms with Crippen molar-refractivity contribution in [1.29, 1.82) is 0 Å². The Morgan fingerprint density at radius 1 is 1.30 bits per heavy atom. The van der Waals surface area contributed by atoms with Gasteiger partial charge in [-0.25, -0.2) is 13.1 Å². The summed E-state index contributed by atoms with van der Waals surface area (Å²) in [7, 11) is -3.63. The zero-order valence-corrected chi connectivity index (χ0v) is 13.0. The summed E-state index contributed by atoms with van der Waals surface area (Å²) in [6, 6.07) is -1.01. The molecule has 0 heterocycles. The largest absolute Gasteiger partial charge is 0.480 e. The molecule has 0 spiro atoms. The minimum Gasteiger partial charge on any atom is -0.480 e. The standard InChI is InChI=1S/C13H25NO5S/c1-10(2)19-8-9-20(17,18)14-12(13(15)16)11-6-4-3-5-7-11/h10-12,14H,3-9H2,1-2H3,(H,15,16). The molecule has 20 heavy (non-hydrogen) atoms. The van der Waals surface area contributed by atoms with Crippen molar-refractivity contribution in [2.75, 3.05) is 12.4 Å². The third kappa shape index (κ3) is 6.19. The van der Waals surface area contributed by atoms with Gasteiger partial charge in [-0.3, -0.25) is 4.79 Å². The third-order valence-corrected chi connectivity index (χ3v) is 4.81. The number of carboxylic acids is 1. The van der Waals surface area contributed by atoms with E-state index in [-0.39, 0.29) is 24.4 Å². The van der Waals surface area contributed by atoms with Gasteiger partial charge in [0.15, 0.2) is 0 Å². The first-order valence-electron chi connectivity index (χ1n) is 7.16. The van der Waals surface area contributed by atoms with Gasteiger partial charge in [-0.05, 0) is 32.6 Å². The van der Waals surface area contributed by atoms with E-state index in [1.54, 1.807) is 0 Å². The highest BCUT2D eigenvalue weighted by atomic mass is 32.2. The van der Waals surface area contributed by atoms with Crippen LogP contribution in [0, 0.1) is 5.92 Å². The van der Waals surface area contributed by atoms with E-state index in [1.807, 2.05) is 13.8 Å². The first kappa shape index (κ1) is 17.4. The summed E-state index contributed by atoms with van der Waals surface area (Å²) in [5.41, 5.74) is 0. The van der Waals surface area contributed by atoms with Crippen LogP contribution in [0.5, 0.6) is 0 Å². The molecule has 1 saturated carbocycles. The minimum atomic E-state index is -3.63. The van der Waals surface area contributed by atoms with E-state index in [9.17, 15) is 18.3 Å². The summed E-state index contributed by atoms with van der Waals surface area (Å²) in [5, 5.41) is 9.24. The molecule has 0 aromatic heterocycles. The molecule has 1 rings (SSSR count). The molecule has 0 saturated heterocycles. The van der Waals surface area contributed by atoms with Crippen LogP contribution in [0.3, 0.4) is 0 Å². The predicted octanol–water partition coefficient (Wildman–Crippen LogP) is 1.36. The summed E-state index contributed by atoms with van der Waals surface area (Å²) in [6.45, 7) is 3.72. The van der Waals surface area contributed by atoms with Gasteiger partial charge in [0, 0.05) is 0 Å². The van der Waals surface area contributed by atoms with E-state index in [1.165, 1.54) is 0 Å². The molecule has 1 aliphatic carbocycles. The molecule has 6 nitrogen and oxygen atoms in total. The minimum absolute atomic E-state index is 0.0428. The zero-order chi connectivity index (χ0) is 15.2. The van der Waals surface area contributed by atoms with Gasteiger partial charge in [0.05, 0.1) is 18.5 Å². The van der Waals surface area contributed by atoms with Crippen LogP contribution >= 0.6 is 0 Å². The summed E-state index contributed by atoms with van der Waals surface area (Å²) >= 11 is 0. The van der Waals surface area contributed by atoms with Crippen LogP contribution < -0.4 is 4.72 Å². The van der Waals surface area contributed by atoms with Gasteiger partial charge in [-0.1, -0.05) is 19.3 Å². The maximum absolute atomic E-state index is 11.9. The van der Waals surface area contributed by atoms with Gasteiger partial charge < -0.3 is 9.84 Å². The molecule has 2 N–H and O–H groups in total. The van der Waals surface area contributed by atoms with Crippen LogP contribution in [0.1, 0.15) is 46.0 Å². The average Bonchev–Trinajstić information content (AvgIpc) is 2.36. The molecule has 0 aromatic rings. The number of carboxylic acid groups (broad SMARTS) is 1.